The third kappa shape index (κ3) is 0.924. The van der Waals surface area contributed by atoms with Gasteiger partial charge in [0.25, 0.3) is 0 Å². The van der Waals surface area contributed by atoms with Crippen LogP contribution in [0.4, 0.5) is 22.0 Å². The van der Waals surface area contributed by atoms with E-state index in [2.05, 4.69) is 0 Å². The quantitative estimate of drug-likeness (QED) is 0.642. The Morgan fingerprint density at radius 3 is 2.24 bits per heavy atom. The molecule has 0 saturated carbocycles. The Balaban J connectivity index is 2.46. The fourth-order valence-corrected chi connectivity index (χ4v) is 2.22. The van der Waals surface area contributed by atoms with Crippen LogP contribution in [0.5, 0.6) is 0 Å². The lowest BCUT2D eigenvalue weighted by Crippen LogP contribution is -2.33. The predicted molar refractivity (Wildman–Crippen MR) is 47.5 cm³/mol. The molecule has 0 amide bonds. The van der Waals surface area contributed by atoms with Crippen molar-refractivity contribution in [3.63, 3.8) is 0 Å². The molecule has 0 spiro atoms. The Labute approximate surface area is 91.5 Å². The van der Waals surface area contributed by atoms with E-state index in [1.54, 1.807) is 0 Å². The highest BCUT2D eigenvalue weighted by atomic mass is 19.3. The number of halogens is 5. The van der Waals surface area contributed by atoms with Crippen LogP contribution in [0.15, 0.2) is 18.2 Å². The maximum Gasteiger partial charge on any atom is 0.340 e. The summed E-state index contributed by atoms with van der Waals surface area (Å²) >= 11 is 0. The van der Waals surface area contributed by atoms with E-state index in [9.17, 15) is 26.7 Å². The van der Waals surface area contributed by atoms with Gasteiger partial charge in [-0.2, -0.15) is 17.6 Å². The topological polar surface area (TPSA) is 17.1 Å². The molecule has 2 aliphatic rings. The van der Waals surface area contributed by atoms with Crippen LogP contribution in [0.2, 0.25) is 0 Å². The van der Waals surface area contributed by atoms with Crippen molar-refractivity contribution in [1.82, 2.24) is 0 Å². The molecule has 17 heavy (non-hydrogen) atoms. The van der Waals surface area contributed by atoms with E-state index < -0.39 is 45.7 Å². The van der Waals surface area contributed by atoms with Gasteiger partial charge in [0.05, 0.1) is 5.56 Å². The minimum atomic E-state index is -4.47. The third-order valence-electron chi connectivity index (χ3n) is 3.02. The van der Waals surface area contributed by atoms with Crippen LogP contribution in [-0.4, -0.2) is 11.7 Å². The van der Waals surface area contributed by atoms with Gasteiger partial charge < -0.3 is 0 Å². The van der Waals surface area contributed by atoms with E-state index in [4.69, 9.17) is 0 Å². The summed E-state index contributed by atoms with van der Waals surface area (Å²) in [5.74, 6) is -10.9. The first-order chi connectivity index (χ1) is 7.78. The van der Waals surface area contributed by atoms with Crippen molar-refractivity contribution in [2.45, 2.75) is 11.8 Å². The van der Waals surface area contributed by atoms with E-state index in [-0.39, 0.29) is 0 Å². The van der Waals surface area contributed by atoms with Gasteiger partial charge >= 0.3 is 11.8 Å². The van der Waals surface area contributed by atoms with Crippen molar-refractivity contribution in [3.05, 3.63) is 40.7 Å². The van der Waals surface area contributed by atoms with Crippen LogP contribution in [0, 0.1) is 5.82 Å². The number of rotatable bonds is 0. The number of carbonyl (C=O) groups excluding carboxylic acids is 1. The third-order valence-corrected chi connectivity index (χ3v) is 3.02. The molecule has 88 valence electrons. The molecule has 0 heterocycles. The molecular formula is C11H3F5O. The molecule has 0 N–H and O–H groups in total. The summed E-state index contributed by atoms with van der Waals surface area (Å²) in [6.45, 7) is 0. The summed E-state index contributed by atoms with van der Waals surface area (Å²) in [4.78, 5) is 11.3. The van der Waals surface area contributed by atoms with Crippen LogP contribution >= 0.6 is 0 Å². The largest absolute Gasteiger partial charge is 0.340 e. The highest BCUT2D eigenvalue weighted by molar-refractivity contribution is 6.19. The van der Waals surface area contributed by atoms with Gasteiger partial charge in [0.2, 0.25) is 0 Å². The Hall–Kier alpha value is -1.72. The number of allylic oxidation sites excluding steroid dienone is 2. The minimum Gasteiger partial charge on any atom is -0.289 e. The van der Waals surface area contributed by atoms with Crippen LogP contribution in [-0.2, 0) is 5.92 Å². The molecule has 0 radical (unpaired) electrons. The van der Waals surface area contributed by atoms with Gasteiger partial charge in [-0.15, -0.1) is 0 Å². The summed E-state index contributed by atoms with van der Waals surface area (Å²) in [7, 11) is 0. The second kappa shape index (κ2) is 2.57. The second-order valence-electron chi connectivity index (χ2n) is 3.92. The molecule has 1 aromatic carbocycles. The molecule has 0 aromatic heterocycles. The number of hydrogen-bond donors (Lipinski definition) is 0. The van der Waals surface area contributed by atoms with Gasteiger partial charge in [-0.1, -0.05) is 0 Å². The highest BCUT2D eigenvalue weighted by Gasteiger charge is 2.68. The first-order valence-electron chi connectivity index (χ1n) is 4.64. The number of ketones is 1. The minimum absolute atomic E-state index is 0.387. The van der Waals surface area contributed by atoms with Gasteiger partial charge in [-0.05, 0) is 18.2 Å². The van der Waals surface area contributed by atoms with Crippen molar-refractivity contribution in [2.24, 2.45) is 0 Å². The normalized spacial score (nSPS) is 22.6. The molecule has 0 bridgehead atoms. The predicted octanol–water partition coefficient (Wildman–Crippen LogP) is 3.15. The first-order valence-corrected chi connectivity index (χ1v) is 4.64. The Kier molecular flexibility index (Phi) is 1.58. The molecule has 3 rings (SSSR count). The van der Waals surface area contributed by atoms with Crippen molar-refractivity contribution >= 4 is 11.4 Å². The van der Waals surface area contributed by atoms with E-state index in [1.807, 2.05) is 0 Å². The zero-order chi connectivity index (χ0) is 12.6. The standard InChI is InChI=1S/C11H3F5O/c12-6-2-1-4-8-5(3-7(17)9(6)8)11(15,16)10(4,13)14/h1-3H. The SMILES string of the molecule is O=C1C=C2c3c(ccc(F)c31)C(F)(F)C2(F)F. The van der Waals surface area contributed by atoms with Gasteiger partial charge in [-0.3, -0.25) is 4.79 Å². The Morgan fingerprint density at radius 1 is 0.941 bits per heavy atom. The lowest BCUT2D eigenvalue weighted by molar-refractivity contribution is -0.172. The summed E-state index contributed by atoms with van der Waals surface area (Å²) in [6, 6.07) is 1.21. The van der Waals surface area contributed by atoms with Gasteiger partial charge in [-0.25, -0.2) is 4.39 Å². The fourth-order valence-electron chi connectivity index (χ4n) is 2.22. The molecule has 1 nitrogen and oxygen atoms in total. The van der Waals surface area contributed by atoms with Crippen LogP contribution in [0.3, 0.4) is 0 Å². The lowest BCUT2D eigenvalue weighted by Gasteiger charge is -2.19. The number of benzene rings is 1. The molecule has 1 aromatic rings. The molecule has 0 aliphatic heterocycles. The zero-order valence-electron chi connectivity index (χ0n) is 8.03. The Bertz CT molecular complexity index is 600. The first kappa shape index (κ1) is 10.4. The summed E-state index contributed by atoms with van der Waals surface area (Å²) in [6.07, 6.45) is 0.387. The monoisotopic (exact) mass is 246 g/mol. The summed E-state index contributed by atoms with van der Waals surface area (Å²) in [5, 5.41) is 0. The molecule has 0 saturated heterocycles. The molecule has 0 fully saturated rings. The van der Waals surface area contributed by atoms with Crippen molar-refractivity contribution in [3.8, 4) is 0 Å². The van der Waals surface area contributed by atoms with Gasteiger partial charge in [0.1, 0.15) is 5.82 Å². The fraction of sp³-hybridized carbons (Fsp3) is 0.182. The van der Waals surface area contributed by atoms with Crippen LogP contribution in [0.1, 0.15) is 21.5 Å². The highest BCUT2D eigenvalue weighted by Crippen LogP contribution is 2.60. The van der Waals surface area contributed by atoms with Crippen molar-refractivity contribution in [1.29, 1.82) is 0 Å². The van der Waals surface area contributed by atoms with E-state index in [1.165, 1.54) is 0 Å². The van der Waals surface area contributed by atoms with Crippen LogP contribution in [0.25, 0.3) is 5.57 Å². The number of hydrogen-bond acceptors (Lipinski definition) is 1. The van der Waals surface area contributed by atoms with Crippen LogP contribution < -0.4 is 0 Å². The van der Waals surface area contributed by atoms with Crippen molar-refractivity contribution in [2.75, 3.05) is 0 Å². The molecule has 0 unspecified atom stereocenters. The average Bonchev–Trinajstić information content (AvgIpc) is 2.63. The van der Waals surface area contributed by atoms with E-state index in [0.717, 1.165) is 0 Å². The summed E-state index contributed by atoms with van der Waals surface area (Å²) in [5.41, 5.74) is -3.41. The molecular weight excluding hydrogens is 243 g/mol. The maximum atomic E-state index is 13.4. The number of alkyl halides is 4. The second-order valence-corrected chi connectivity index (χ2v) is 3.92. The van der Waals surface area contributed by atoms with Gasteiger partial charge in [0.15, 0.2) is 5.78 Å². The smallest absolute Gasteiger partial charge is 0.289 e. The zero-order valence-corrected chi connectivity index (χ0v) is 8.03. The molecule has 6 heteroatoms. The van der Waals surface area contributed by atoms with Crippen molar-refractivity contribution < 1.29 is 26.7 Å². The Morgan fingerprint density at radius 2 is 1.59 bits per heavy atom. The van der Waals surface area contributed by atoms with E-state index in [0.29, 0.717) is 18.2 Å². The molecule has 0 atom stereocenters. The van der Waals surface area contributed by atoms with Gasteiger partial charge in [0, 0.05) is 16.7 Å². The molecule has 2 aliphatic carbocycles. The lowest BCUT2D eigenvalue weighted by atomic mass is 10.0. The average molecular weight is 246 g/mol. The maximum absolute atomic E-state index is 13.4. The van der Waals surface area contributed by atoms with E-state index >= 15 is 0 Å². The number of carbonyl (C=O) groups is 1. The summed E-state index contributed by atoms with van der Waals surface area (Å²) < 4.78 is 67.0.